The smallest absolute Gasteiger partial charge is 0.392 e. The SMILES string of the molecule is Cc1cccc2cc(CO)c(-c3ccccc3C(F)(F)F)nc12. The molecule has 5 heteroatoms. The molecule has 0 aliphatic heterocycles. The van der Waals surface area contributed by atoms with Crippen molar-refractivity contribution in [3.8, 4) is 11.3 Å². The molecule has 118 valence electrons. The minimum Gasteiger partial charge on any atom is -0.392 e. The molecule has 0 spiro atoms. The highest BCUT2D eigenvalue weighted by atomic mass is 19.4. The average molecular weight is 317 g/mol. The van der Waals surface area contributed by atoms with Gasteiger partial charge in [0.1, 0.15) is 0 Å². The minimum atomic E-state index is -4.48. The number of nitrogens with zero attached hydrogens (tertiary/aromatic N) is 1. The Balaban J connectivity index is 2.34. The number of aromatic nitrogens is 1. The van der Waals surface area contributed by atoms with E-state index < -0.39 is 11.7 Å². The second-order valence-corrected chi connectivity index (χ2v) is 5.34. The molecule has 1 aromatic heterocycles. The fourth-order valence-corrected chi connectivity index (χ4v) is 2.68. The van der Waals surface area contributed by atoms with Crippen LogP contribution >= 0.6 is 0 Å². The molecule has 3 rings (SSSR count). The van der Waals surface area contributed by atoms with Gasteiger partial charge in [0.25, 0.3) is 0 Å². The first-order valence-electron chi connectivity index (χ1n) is 7.08. The Labute approximate surface area is 131 Å². The van der Waals surface area contributed by atoms with Crippen molar-refractivity contribution in [1.82, 2.24) is 4.98 Å². The van der Waals surface area contributed by atoms with E-state index in [1.54, 1.807) is 6.07 Å². The van der Waals surface area contributed by atoms with E-state index in [1.807, 2.05) is 25.1 Å². The van der Waals surface area contributed by atoms with E-state index in [9.17, 15) is 18.3 Å². The van der Waals surface area contributed by atoms with Gasteiger partial charge in [-0.05, 0) is 24.6 Å². The third-order valence-corrected chi connectivity index (χ3v) is 3.78. The lowest BCUT2D eigenvalue weighted by Gasteiger charge is -2.15. The summed E-state index contributed by atoms with van der Waals surface area (Å²) in [5.74, 6) is 0. The molecule has 2 nitrogen and oxygen atoms in total. The summed E-state index contributed by atoms with van der Waals surface area (Å²) in [7, 11) is 0. The van der Waals surface area contributed by atoms with Crippen LogP contribution in [0.1, 0.15) is 16.7 Å². The highest BCUT2D eigenvalue weighted by molar-refractivity contribution is 5.86. The topological polar surface area (TPSA) is 33.1 Å². The first-order valence-corrected chi connectivity index (χ1v) is 7.08. The molecular formula is C18H14F3NO. The Bertz CT molecular complexity index is 872. The predicted molar refractivity (Wildman–Crippen MR) is 82.8 cm³/mol. The van der Waals surface area contributed by atoms with Crippen molar-refractivity contribution >= 4 is 10.9 Å². The van der Waals surface area contributed by atoms with Crippen molar-refractivity contribution in [2.24, 2.45) is 0 Å². The maximum absolute atomic E-state index is 13.3. The van der Waals surface area contributed by atoms with Crippen molar-refractivity contribution in [2.45, 2.75) is 19.7 Å². The summed E-state index contributed by atoms with van der Waals surface area (Å²) in [4.78, 5) is 4.43. The van der Waals surface area contributed by atoms with Gasteiger partial charge in [-0.3, -0.25) is 0 Å². The highest BCUT2D eigenvalue weighted by Gasteiger charge is 2.34. The zero-order valence-electron chi connectivity index (χ0n) is 12.4. The van der Waals surface area contributed by atoms with Crippen LogP contribution in [0.15, 0.2) is 48.5 Å². The zero-order valence-corrected chi connectivity index (χ0v) is 12.4. The number of aliphatic hydroxyl groups is 1. The van der Waals surface area contributed by atoms with Crippen LogP contribution in [0, 0.1) is 6.92 Å². The third kappa shape index (κ3) is 2.80. The van der Waals surface area contributed by atoms with Gasteiger partial charge in [0.15, 0.2) is 0 Å². The molecular weight excluding hydrogens is 303 g/mol. The molecule has 0 amide bonds. The number of alkyl halides is 3. The largest absolute Gasteiger partial charge is 0.417 e. The number of pyridine rings is 1. The Morgan fingerprint density at radius 1 is 1.04 bits per heavy atom. The van der Waals surface area contributed by atoms with Crippen LogP contribution in [0.25, 0.3) is 22.2 Å². The summed E-state index contributed by atoms with van der Waals surface area (Å²) in [5.41, 5.74) is 1.28. The van der Waals surface area contributed by atoms with E-state index >= 15 is 0 Å². The normalized spacial score (nSPS) is 11.9. The van der Waals surface area contributed by atoms with Gasteiger partial charge in [0, 0.05) is 16.5 Å². The molecule has 2 aromatic carbocycles. The summed E-state index contributed by atoms with van der Waals surface area (Å²) < 4.78 is 39.8. The van der Waals surface area contributed by atoms with Gasteiger partial charge in [-0.2, -0.15) is 13.2 Å². The number of hydrogen-bond acceptors (Lipinski definition) is 2. The predicted octanol–water partition coefficient (Wildman–Crippen LogP) is 4.72. The van der Waals surface area contributed by atoms with Gasteiger partial charge in [-0.15, -0.1) is 0 Å². The first-order chi connectivity index (χ1) is 10.9. The van der Waals surface area contributed by atoms with Gasteiger partial charge in [0.2, 0.25) is 0 Å². The van der Waals surface area contributed by atoms with E-state index in [0.29, 0.717) is 11.1 Å². The second kappa shape index (κ2) is 5.66. The van der Waals surface area contributed by atoms with Crippen molar-refractivity contribution in [2.75, 3.05) is 0 Å². The molecule has 0 bridgehead atoms. The fourth-order valence-electron chi connectivity index (χ4n) is 2.68. The van der Waals surface area contributed by atoms with E-state index in [4.69, 9.17) is 0 Å². The summed E-state index contributed by atoms with van der Waals surface area (Å²) in [6, 6.07) is 12.5. The Morgan fingerprint density at radius 3 is 2.48 bits per heavy atom. The number of rotatable bonds is 2. The number of hydrogen-bond donors (Lipinski definition) is 1. The van der Waals surface area contributed by atoms with Gasteiger partial charge < -0.3 is 5.11 Å². The van der Waals surface area contributed by atoms with E-state index in [0.717, 1.165) is 17.0 Å². The maximum atomic E-state index is 13.3. The molecule has 1 N–H and O–H groups in total. The van der Waals surface area contributed by atoms with E-state index in [1.165, 1.54) is 18.2 Å². The lowest BCUT2D eigenvalue weighted by molar-refractivity contribution is -0.137. The number of fused-ring (bicyclic) bond motifs is 1. The lowest BCUT2D eigenvalue weighted by Crippen LogP contribution is -2.08. The van der Waals surface area contributed by atoms with Crippen LogP contribution < -0.4 is 0 Å². The maximum Gasteiger partial charge on any atom is 0.417 e. The van der Waals surface area contributed by atoms with Crippen molar-refractivity contribution in [3.05, 3.63) is 65.2 Å². The minimum absolute atomic E-state index is 0.0193. The molecule has 0 unspecified atom stereocenters. The lowest BCUT2D eigenvalue weighted by atomic mass is 9.98. The summed E-state index contributed by atoms with van der Waals surface area (Å²) in [6.07, 6.45) is -4.48. The number of benzene rings is 2. The number of halogens is 3. The molecule has 1 heterocycles. The van der Waals surface area contributed by atoms with E-state index in [2.05, 4.69) is 4.98 Å². The molecule has 0 aliphatic carbocycles. The number of para-hydroxylation sites is 1. The highest BCUT2D eigenvalue weighted by Crippen LogP contribution is 2.38. The van der Waals surface area contributed by atoms with Crippen LogP contribution in [0.4, 0.5) is 13.2 Å². The van der Waals surface area contributed by atoms with Gasteiger partial charge in [-0.25, -0.2) is 4.98 Å². The van der Waals surface area contributed by atoms with Crippen molar-refractivity contribution in [1.29, 1.82) is 0 Å². The summed E-state index contributed by atoms with van der Waals surface area (Å²) in [6.45, 7) is 1.48. The molecule has 0 aliphatic rings. The second-order valence-electron chi connectivity index (χ2n) is 5.34. The van der Waals surface area contributed by atoms with Crippen molar-refractivity contribution in [3.63, 3.8) is 0 Å². The average Bonchev–Trinajstić information content (AvgIpc) is 2.53. The number of aryl methyl sites for hydroxylation is 1. The zero-order chi connectivity index (χ0) is 16.6. The Kier molecular flexibility index (Phi) is 3.82. The summed E-state index contributed by atoms with van der Waals surface area (Å²) in [5, 5.41) is 10.4. The first kappa shape index (κ1) is 15.5. The molecule has 0 saturated carbocycles. The van der Waals surface area contributed by atoms with Crippen LogP contribution in [0.2, 0.25) is 0 Å². The molecule has 0 atom stereocenters. The van der Waals surface area contributed by atoms with Crippen LogP contribution in [0.5, 0.6) is 0 Å². The van der Waals surface area contributed by atoms with Crippen LogP contribution in [-0.2, 0) is 12.8 Å². The summed E-state index contributed by atoms with van der Waals surface area (Å²) >= 11 is 0. The Morgan fingerprint density at radius 2 is 1.78 bits per heavy atom. The standard InChI is InChI=1S/C18H14F3NO/c1-11-5-4-6-12-9-13(10-23)17(22-16(11)12)14-7-2-3-8-15(14)18(19,20)21/h2-9,23H,10H2,1H3. The van der Waals surface area contributed by atoms with Gasteiger partial charge >= 0.3 is 6.18 Å². The molecule has 0 fully saturated rings. The monoisotopic (exact) mass is 317 g/mol. The quantitative estimate of drug-likeness (QED) is 0.742. The van der Waals surface area contributed by atoms with Crippen LogP contribution in [-0.4, -0.2) is 10.1 Å². The Hall–Kier alpha value is -2.40. The third-order valence-electron chi connectivity index (χ3n) is 3.78. The van der Waals surface area contributed by atoms with Gasteiger partial charge in [0.05, 0.1) is 23.4 Å². The van der Waals surface area contributed by atoms with Gasteiger partial charge in [-0.1, -0.05) is 36.4 Å². The molecule has 23 heavy (non-hydrogen) atoms. The number of aliphatic hydroxyl groups excluding tert-OH is 1. The fraction of sp³-hybridized carbons (Fsp3) is 0.167. The molecule has 0 radical (unpaired) electrons. The van der Waals surface area contributed by atoms with E-state index in [-0.39, 0.29) is 17.9 Å². The van der Waals surface area contributed by atoms with Crippen LogP contribution in [0.3, 0.4) is 0 Å². The molecule has 3 aromatic rings. The van der Waals surface area contributed by atoms with Crippen molar-refractivity contribution < 1.29 is 18.3 Å². The molecule has 0 saturated heterocycles.